The molecule has 0 bridgehead atoms. The Kier molecular flexibility index (Phi) is 4.50. The number of nitrogens with zero attached hydrogens (tertiary/aromatic N) is 1. The van der Waals surface area contributed by atoms with E-state index in [2.05, 4.69) is 0 Å². The Hall–Kier alpha value is -3.06. The maximum atomic E-state index is 13.2. The number of hydrogen-bond donors (Lipinski definition) is 1. The van der Waals surface area contributed by atoms with E-state index in [0.717, 1.165) is 11.1 Å². The quantitative estimate of drug-likeness (QED) is 0.537. The lowest BCUT2D eigenvalue weighted by atomic mass is 9.94. The van der Waals surface area contributed by atoms with Crippen LogP contribution >= 0.6 is 0 Å². The molecule has 0 saturated carbocycles. The molecule has 1 aliphatic rings. The van der Waals surface area contributed by atoms with Crippen molar-refractivity contribution in [2.45, 2.75) is 32.0 Å². The molecule has 1 N–H and O–H groups in total. The van der Waals surface area contributed by atoms with Crippen LogP contribution in [0.5, 0.6) is 11.5 Å². The first-order valence-electron chi connectivity index (χ1n) is 9.38. The minimum absolute atomic E-state index is 0.108. The van der Waals surface area contributed by atoms with Crippen molar-refractivity contribution in [3.63, 3.8) is 0 Å². The molecule has 152 valence electrons. The normalized spacial score (nSPS) is 17.6. The fourth-order valence-corrected chi connectivity index (χ4v) is 4.00. The average molecular weight is 397 g/mol. The Morgan fingerprint density at radius 1 is 1.38 bits per heavy atom. The highest BCUT2D eigenvalue weighted by atomic mass is 16.6. The standard InChI is InChI=1S/C22H23NO6/c1-12(24)28-11-22(2,26)18-9-14-16(29-18)10-17(27-4)19-20(14)23(3)15-8-6-5-7-13(15)21(19)25/h5-8,10,18,26H,9,11H2,1-4H3/t18-,22-/m1/s1. The maximum Gasteiger partial charge on any atom is 0.302 e. The minimum atomic E-state index is -1.39. The number of pyridine rings is 1. The van der Waals surface area contributed by atoms with Gasteiger partial charge in [-0.15, -0.1) is 0 Å². The van der Waals surface area contributed by atoms with Gasteiger partial charge in [0.25, 0.3) is 0 Å². The van der Waals surface area contributed by atoms with Crippen molar-refractivity contribution in [1.29, 1.82) is 0 Å². The molecule has 29 heavy (non-hydrogen) atoms. The van der Waals surface area contributed by atoms with Crippen LogP contribution < -0.4 is 14.9 Å². The monoisotopic (exact) mass is 397 g/mol. The van der Waals surface area contributed by atoms with Crippen LogP contribution in [0.2, 0.25) is 0 Å². The van der Waals surface area contributed by atoms with E-state index in [9.17, 15) is 14.7 Å². The molecule has 0 spiro atoms. The molecule has 2 aromatic carbocycles. The number of para-hydroxylation sites is 1. The van der Waals surface area contributed by atoms with Gasteiger partial charge in [-0.3, -0.25) is 9.59 Å². The van der Waals surface area contributed by atoms with Gasteiger partial charge >= 0.3 is 5.97 Å². The number of ether oxygens (including phenoxy) is 3. The molecule has 0 fully saturated rings. The van der Waals surface area contributed by atoms with Crippen LogP contribution in [0.3, 0.4) is 0 Å². The van der Waals surface area contributed by atoms with Gasteiger partial charge < -0.3 is 23.9 Å². The number of aromatic nitrogens is 1. The molecule has 2 heterocycles. The Bertz CT molecular complexity index is 1190. The third-order valence-corrected chi connectivity index (χ3v) is 5.54. The van der Waals surface area contributed by atoms with Gasteiger partial charge in [-0.1, -0.05) is 12.1 Å². The fourth-order valence-electron chi connectivity index (χ4n) is 4.00. The van der Waals surface area contributed by atoms with Gasteiger partial charge in [-0.05, 0) is 19.1 Å². The van der Waals surface area contributed by atoms with Crippen LogP contribution in [0, 0.1) is 0 Å². The van der Waals surface area contributed by atoms with Crippen LogP contribution in [0.25, 0.3) is 21.8 Å². The fraction of sp³-hybridized carbons (Fsp3) is 0.364. The first-order valence-corrected chi connectivity index (χ1v) is 9.38. The third kappa shape index (κ3) is 3.02. The summed E-state index contributed by atoms with van der Waals surface area (Å²) in [6.45, 7) is 2.68. The predicted molar refractivity (Wildman–Crippen MR) is 109 cm³/mol. The van der Waals surface area contributed by atoms with Crippen molar-refractivity contribution in [2.75, 3.05) is 13.7 Å². The SMILES string of the molecule is COc1cc2c(c3c1c(=O)c1ccccc1n3C)C[C@H]([C@](C)(O)COC(C)=O)O2. The van der Waals surface area contributed by atoms with Gasteiger partial charge in [0, 0.05) is 37.4 Å². The molecular weight excluding hydrogens is 374 g/mol. The number of fused-ring (bicyclic) bond motifs is 4. The Morgan fingerprint density at radius 2 is 2.10 bits per heavy atom. The number of aliphatic hydroxyl groups is 1. The van der Waals surface area contributed by atoms with E-state index in [-0.39, 0.29) is 12.0 Å². The summed E-state index contributed by atoms with van der Waals surface area (Å²) in [6.07, 6.45) is -0.260. The van der Waals surface area contributed by atoms with Gasteiger partial charge in [0.15, 0.2) is 0 Å². The molecule has 0 saturated heterocycles. The van der Waals surface area contributed by atoms with Crippen LogP contribution in [-0.2, 0) is 23.0 Å². The van der Waals surface area contributed by atoms with Gasteiger partial charge in [-0.2, -0.15) is 0 Å². The molecule has 4 rings (SSSR count). The van der Waals surface area contributed by atoms with Crippen molar-refractivity contribution in [1.82, 2.24) is 4.57 Å². The van der Waals surface area contributed by atoms with E-state index in [1.54, 1.807) is 19.1 Å². The van der Waals surface area contributed by atoms with E-state index in [4.69, 9.17) is 14.2 Å². The molecule has 7 heteroatoms. The minimum Gasteiger partial charge on any atom is -0.496 e. The highest BCUT2D eigenvalue weighted by Crippen LogP contribution is 2.42. The van der Waals surface area contributed by atoms with E-state index in [0.29, 0.717) is 34.2 Å². The maximum absolute atomic E-state index is 13.2. The lowest BCUT2D eigenvalue weighted by molar-refractivity contribution is -0.153. The number of esters is 1. The average Bonchev–Trinajstić information content (AvgIpc) is 3.14. The summed E-state index contributed by atoms with van der Waals surface area (Å²) in [6, 6.07) is 9.10. The molecule has 1 aliphatic heterocycles. The molecule has 0 amide bonds. The van der Waals surface area contributed by atoms with E-state index in [1.165, 1.54) is 14.0 Å². The van der Waals surface area contributed by atoms with Crippen molar-refractivity contribution < 1.29 is 24.1 Å². The largest absolute Gasteiger partial charge is 0.496 e. The summed E-state index contributed by atoms with van der Waals surface area (Å²) in [4.78, 5) is 24.4. The third-order valence-electron chi connectivity index (χ3n) is 5.54. The van der Waals surface area contributed by atoms with Crippen LogP contribution in [0.1, 0.15) is 19.4 Å². The van der Waals surface area contributed by atoms with Crippen molar-refractivity contribution in [2.24, 2.45) is 7.05 Å². The summed E-state index contributed by atoms with van der Waals surface area (Å²) in [5.41, 5.74) is 0.840. The molecule has 2 atom stereocenters. The summed E-state index contributed by atoms with van der Waals surface area (Å²) < 4.78 is 18.5. The molecule has 0 radical (unpaired) electrons. The van der Waals surface area contributed by atoms with Crippen molar-refractivity contribution in [3.8, 4) is 11.5 Å². The zero-order valence-electron chi connectivity index (χ0n) is 16.8. The number of benzene rings is 2. The van der Waals surface area contributed by atoms with E-state index in [1.807, 2.05) is 29.8 Å². The molecular formula is C22H23NO6. The molecule has 1 aromatic heterocycles. The molecule has 3 aromatic rings. The summed E-state index contributed by atoms with van der Waals surface area (Å²) in [5, 5.41) is 11.9. The first-order chi connectivity index (χ1) is 13.7. The van der Waals surface area contributed by atoms with Crippen molar-refractivity contribution >= 4 is 27.8 Å². The lowest BCUT2D eigenvalue weighted by Gasteiger charge is -2.28. The smallest absolute Gasteiger partial charge is 0.302 e. The number of methoxy groups -OCH3 is 1. The number of rotatable bonds is 4. The predicted octanol–water partition coefficient (Wildman–Crippen LogP) is 2.32. The van der Waals surface area contributed by atoms with Gasteiger partial charge in [0.2, 0.25) is 5.43 Å². The zero-order chi connectivity index (χ0) is 20.9. The van der Waals surface area contributed by atoms with Crippen LogP contribution in [0.4, 0.5) is 0 Å². The Balaban J connectivity index is 1.92. The van der Waals surface area contributed by atoms with Crippen LogP contribution in [-0.4, -0.2) is 41.1 Å². The van der Waals surface area contributed by atoms with Gasteiger partial charge in [0.1, 0.15) is 29.8 Å². The van der Waals surface area contributed by atoms with Gasteiger partial charge in [0.05, 0.1) is 23.5 Å². The lowest BCUT2D eigenvalue weighted by Crippen LogP contribution is -2.46. The number of carbonyl (C=O) groups is 1. The number of hydrogen-bond acceptors (Lipinski definition) is 6. The number of carbonyl (C=O) groups excluding carboxylic acids is 1. The molecule has 0 unspecified atom stereocenters. The molecule has 0 aliphatic carbocycles. The summed E-state index contributed by atoms with van der Waals surface area (Å²) >= 11 is 0. The Morgan fingerprint density at radius 3 is 2.79 bits per heavy atom. The highest BCUT2D eigenvalue weighted by molar-refractivity contribution is 5.99. The van der Waals surface area contributed by atoms with E-state index >= 15 is 0 Å². The van der Waals surface area contributed by atoms with E-state index < -0.39 is 17.7 Å². The molecule has 7 nitrogen and oxygen atoms in total. The second-order valence-electron chi connectivity index (χ2n) is 7.63. The van der Waals surface area contributed by atoms with Crippen LogP contribution in [0.15, 0.2) is 35.1 Å². The highest BCUT2D eigenvalue weighted by Gasteiger charge is 2.41. The van der Waals surface area contributed by atoms with Crippen molar-refractivity contribution in [3.05, 3.63) is 46.1 Å². The zero-order valence-corrected chi connectivity index (χ0v) is 16.8. The first kappa shape index (κ1) is 19.3. The topological polar surface area (TPSA) is 87.0 Å². The Labute approximate surface area is 167 Å². The second-order valence-corrected chi connectivity index (χ2v) is 7.63. The summed E-state index contributed by atoms with van der Waals surface area (Å²) in [7, 11) is 3.41. The summed E-state index contributed by atoms with van der Waals surface area (Å²) in [5.74, 6) is 0.500. The second kappa shape index (κ2) is 6.77. The van der Waals surface area contributed by atoms with Gasteiger partial charge in [-0.25, -0.2) is 0 Å². The number of aryl methyl sites for hydroxylation is 1.